The lowest BCUT2D eigenvalue weighted by atomic mass is 10.2. The molecule has 0 amide bonds. The summed E-state index contributed by atoms with van der Waals surface area (Å²) in [5.74, 6) is 0. The summed E-state index contributed by atoms with van der Waals surface area (Å²) in [5, 5.41) is 7.22. The molecule has 0 bridgehead atoms. The molecule has 132 valence electrons. The standard InChI is InChI=1S/C20H25N3OS/c25-20(21-13-17-7-3-1-4-8-17)22-14-19-16-23(11-12-24-19)15-18-9-5-2-6-10-18/h1-10,19H,11-16H2,(H2,21,22,25)/p+1/t19-/m1/s1. The predicted octanol–water partition coefficient (Wildman–Crippen LogP) is 1.13. The Bertz CT molecular complexity index is 651. The summed E-state index contributed by atoms with van der Waals surface area (Å²) in [7, 11) is 0. The predicted molar refractivity (Wildman–Crippen MR) is 104 cm³/mol. The van der Waals surface area contributed by atoms with Crippen molar-refractivity contribution in [1.82, 2.24) is 10.6 Å². The van der Waals surface area contributed by atoms with Gasteiger partial charge in [-0.2, -0.15) is 0 Å². The highest BCUT2D eigenvalue weighted by Crippen LogP contribution is 1.99. The van der Waals surface area contributed by atoms with Gasteiger partial charge in [0.05, 0.1) is 6.61 Å². The molecule has 4 nitrogen and oxygen atoms in total. The molecule has 0 aliphatic carbocycles. The second kappa shape index (κ2) is 9.51. The maximum atomic E-state index is 5.89. The van der Waals surface area contributed by atoms with Crippen LogP contribution in [0.25, 0.3) is 0 Å². The summed E-state index contributed by atoms with van der Waals surface area (Å²) in [6.07, 6.45) is 0.198. The molecule has 1 unspecified atom stereocenters. The van der Waals surface area contributed by atoms with Crippen LogP contribution in [0.3, 0.4) is 0 Å². The van der Waals surface area contributed by atoms with Gasteiger partial charge in [0.15, 0.2) is 5.11 Å². The van der Waals surface area contributed by atoms with Crippen molar-refractivity contribution in [2.24, 2.45) is 0 Å². The van der Waals surface area contributed by atoms with Gasteiger partial charge in [0.2, 0.25) is 0 Å². The van der Waals surface area contributed by atoms with Crippen molar-refractivity contribution >= 4 is 17.3 Å². The lowest BCUT2D eigenvalue weighted by molar-refractivity contribution is -0.925. The third kappa shape index (κ3) is 6.12. The highest BCUT2D eigenvalue weighted by atomic mass is 32.1. The van der Waals surface area contributed by atoms with Crippen LogP contribution in [0.15, 0.2) is 60.7 Å². The largest absolute Gasteiger partial charge is 0.365 e. The van der Waals surface area contributed by atoms with Crippen molar-refractivity contribution in [1.29, 1.82) is 0 Å². The number of quaternary nitrogens is 1. The van der Waals surface area contributed by atoms with Crippen molar-refractivity contribution in [3.05, 3.63) is 71.8 Å². The fourth-order valence-electron chi connectivity index (χ4n) is 3.08. The van der Waals surface area contributed by atoms with Gasteiger partial charge in [-0.05, 0) is 17.8 Å². The summed E-state index contributed by atoms with van der Waals surface area (Å²) in [4.78, 5) is 1.56. The fourth-order valence-corrected chi connectivity index (χ4v) is 3.23. The van der Waals surface area contributed by atoms with E-state index in [-0.39, 0.29) is 6.10 Å². The highest BCUT2D eigenvalue weighted by Gasteiger charge is 2.23. The van der Waals surface area contributed by atoms with Gasteiger partial charge in [0, 0.05) is 18.7 Å². The van der Waals surface area contributed by atoms with Gasteiger partial charge in [0.1, 0.15) is 25.7 Å². The van der Waals surface area contributed by atoms with Crippen molar-refractivity contribution in [3.8, 4) is 0 Å². The quantitative estimate of drug-likeness (QED) is 0.679. The highest BCUT2D eigenvalue weighted by molar-refractivity contribution is 7.80. The maximum Gasteiger partial charge on any atom is 0.166 e. The molecule has 1 heterocycles. The monoisotopic (exact) mass is 356 g/mol. The van der Waals surface area contributed by atoms with Crippen LogP contribution in [0, 0.1) is 0 Å². The summed E-state index contributed by atoms with van der Waals surface area (Å²) in [5.41, 5.74) is 2.60. The van der Waals surface area contributed by atoms with Gasteiger partial charge < -0.3 is 20.3 Å². The SMILES string of the molecule is S=C(NCc1ccccc1)NC[C@@H]1C[NH+](Cc2ccccc2)CCO1. The minimum atomic E-state index is 0.198. The van der Waals surface area contributed by atoms with Gasteiger partial charge in [-0.25, -0.2) is 0 Å². The number of benzene rings is 2. The van der Waals surface area contributed by atoms with Crippen LogP contribution < -0.4 is 15.5 Å². The molecule has 1 saturated heterocycles. The van der Waals surface area contributed by atoms with Gasteiger partial charge in [-0.15, -0.1) is 0 Å². The van der Waals surface area contributed by atoms with Crippen LogP contribution in [-0.4, -0.2) is 37.5 Å². The van der Waals surface area contributed by atoms with Crippen LogP contribution >= 0.6 is 12.2 Å². The maximum absolute atomic E-state index is 5.89. The van der Waals surface area contributed by atoms with E-state index in [1.54, 1.807) is 4.90 Å². The lowest BCUT2D eigenvalue weighted by Gasteiger charge is -2.30. The van der Waals surface area contributed by atoms with Crippen LogP contribution in [0.1, 0.15) is 11.1 Å². The van der Waals surface area contributed by atoms with E-state index in [0.717, 1.165) is 39.3 Å². The zero-order valence-electron chi connectivity index (χ0n) is 14.4. The molecule has 2 atom stereocenters. The van der Waals surface area contributed by atoms with E-state index in [0.29, 0.717) is 5.11 Å². The van der Waals surface area contributed by atoms with E-state index in [1.165, 1.54) is 11.1 Å². The molecule has 3 rings (SSSR count). The molecule has 5 heteroatoms. The Morgan fingerprint density at radius 3 is 2.40 bits per heavy atom. The van der Waals surface area contributed by atoms with Crippen molar-refractivity contribution in [2.75, 3.05) is 26.2 Å². The normalized spacial score (nSPS) is 20.0. The second-order valence-electron chi connectivity index (χ2n) is 6.41. The molecule has 1 aliphatic heterocycles. The fraction of sp³-hybridized carbons (Fsp3) is 0.350. The summed E-state index contributed by atoms with van der Waals surface area (Å²) in [6.45, 7) is 5.41. The second-order valence-corrected chi connectivity index (χ2v) is 6.82. The Hall–Kier alpha value is -1.95. The molecule has 3 N–H and O–H groups in total. The number of hydrogen-bond donors (Lipinski definition) is 3. The molecule has 1 fully saturated rings. The molecule has 2 aromatic carbocycles. The van der Waals surface area contributed by atoms with Gasteiger partial charge in [0.25, 0.3) is 0 Å². The van der Waals surface area contributed by atoms with Crippen LogP contribution in [0.5, 0.6) is 0 Å². The van der Waals surface area contributed by atoms with E-state index in [4.69, 9.17) is 17.0 Å². The zero-order valence-corrected chi connectivity index (χ0v) is 15.2. The van der Waals surface area contributed by atoms with Crippen molar-refractivity contribution in [3.63, 3.8) is 0 Å². The molecule has 1 aliphatic rings. The Morgan fingerprint density at radius 2 is 1.68 bits per heavy atom. The summed E-state index contributed by atoms with van der Waals surface area (Å²) in [6, 6.07) is 20.9. The molecule has 25 heavy (non-hydrogen) atoms. The van der Waals surface area contributed by atoms with Crippen molar-refractivity contribution in [2.45, 2.75) is 19.2 Å². The first-order valence-corrected chi connectivity index (χ1v) is 9.25. The van der Waals surface area contributed by atoms with Gasteiger partial charge >= 0.3 is 0 Å². The van der Waals surface area contributed by atoms with E-state index in [1.807, 2.05) is 18.2 Å². The van der Waals surface area contributed by atoms with Crippen LogP contribution in [-0.2, 0) is 17.8 Å². The van der Waals surface area contributed by atoms with Crippen LogP contribution in [0.2, 0.25) is 0 Å². The minimum Gasteiger partial charge on any atom is -0.365 e. The number of rotatable bonds is 6. The Labute approximate surface area is 155 Å². The molecule has 2 aromatic rings. The van der Waals surface area contributed by atoms with Crippen molar-refractivity contribution < 1.29 is 9.64 Å². The lowest BCUT2D eigenvalue weighted by Crippen LogP contribution is -3.13. The van der Waals surface area contributed by atoms with E-state index >= 15 is 0 Å². The number of ether oxygens (including phenoxy) is 1. The first-order chi connectivity index (χ1) is 12.3. The molecule has 0 radical (unpaired) electrons. The number of thiocarbonyl (C=S) groups is 1. The molecule has 0 saturated carbocycles. The Kier molecular flexibility index (Phi) is 6.79. The van der Waals surface area contributed by atoms with Gasteiger partial charge in [-0.1, -0.05) is 60.7 Å². The number of morpholine rings is 1. The summed E-state index contributed by atoms with van der Waals surface area (Å²) >= 11 is 5.37. The smallest absolute Gasteiger partial charge is 0.166 e. The third-order valence-corrected chi connectivity index (χ3v) is 4.70. The van der Waals surface area contributed by atoms with E-state index in [2.05, 4.69) is 53.1 Å². The molecule has 0 spiro atoms. The average molecular weight is 357 g/mol. The number of nitrogens with one attached hydrogen (secondary N) is 3. The topological polar surface area (TPSA) is 37.7 Å². The average Bonchev–Trinajstić information content (AvgIpc) is 2.67. The zero-order chi connectivity index (χ0) is 17.3. The molecule has 0 aromatic heterocycles. The first-order valence-electron chi connectivity index (χ1n) is 8.84. The van der Waals surface area contributed by atoms with Gasteiger partial charge in [-0.3, -0.25) is 0 Å². The first kappa shape index (κ1) is 17.9. The van der Waals surface area contributed by atoms with E-state index < -0.39 is 0 Å². The minimum absolute atomic E-state index is 0.198. The third-order valence-electron chi connectivity index (χ3n) is 4.41. The molecular formula is C20H26N3OS+. The summed E-state index contributed by atoms with van der Waals surface area (Å²) < 4.78 is 5.89. The number of hydrogen-bond acceptors (Lipinski definition) is 2. The Morgan fingerprint density at radius 1 is 1.00 bits per heavy atom. The Balaban J connectivity index is 1.38. The molecular weight excluding hydrogens is 330 g/mol. The van der Waals surface area contributed by atoms with Crippen LogP contribution in [0.4, 0.5) is 0 Å². The van der Waals surface area contributed by atoms with E-state index in [9.17, 15) is 0 Å².